The minimum Gasteiger partial charge on any atom is -0.492 e. The van der Waals surface area contributed by atoms with E-state index in [1.807, 2.05) is 32.0 Å². The molecular weight excluding hydrogens is 278 g/mol. The summed E-state index contributed by atoms with van der Waals surface area (Å²) < 4.78 is 5.61. The zero-order valence-electron chi connectivity index (χ0n) is 12.8. The molecule has 0 N–H and O–H groups in total. The predicted molar refractivity (Wildman–Crippen MR) is 82.4 cm³/mol. The van der Waals surface area contributed by atoms with E-state index < -0.39 is 5.41 Å². The minimum absolute atomic E-state index is 0.0727. The maximum atomic E-state index is 13.1. The summed E-state index contributed by atoms with van der Waals surface area (Å²) >= 11 is 0. The number of imide groups is 1. The molecule has 0 unspecified atom stereocenters. The van der Waals surface area contributed by atoms with Gasteiger partial charge in [-0.05, 0) is 44.2 Å². The Labute approximate surface area is 129 Å². The van der Waals surface area contributed by atoms with Crippen LogP contribution in [0.5, 0.6) is 5.75 Å². The average Bonchev–Trinajstić information content (AvgIpc) is 3.13. The lowest BCUT2D eigenvalue weighted by Crippen LogP contribution is -2.37. The number of benzene rings is 1. The number of amides is 2. The highest BCUT2D eigenvalue weighted by Crippen LogP contribution is 2.61. The highest BCUT2D eigenvalue weighted by Gasteiger charge is 2.67. The van der Waals surface area contributed by atoms with E-state index in [9.17, 15) is 9.59 Å². The number of ether oxygens (including phenoxy) is 1. The lowest BCUT2D eigenvalue weighted by atomic mass is 9.71. The van der Waals surface area contributed by atoms with Crippen molar-refractivity contribution in [2.24, 2.45) is 23.2 Å². The highest BCUT2D eigenvalue weighted by atomic mass is 16.5. The van der Waals surface area contributed by atoms with Crippen LogP contribution in [0.25, 0.3) is 0 Å². The van der Waals surface area contributed by atoms with Gasteiger partial charge in [0.05, 0.1) is 23.6 Å². The van der Waals surface area contributed by atoms with Gasteiger partial charge in [-0.25, -0.2) is 4.90 Å². The molecule has 0 radical (unpaired) electrons. The average molecular weight is 297 g/mol. The smallest absolute Gasteiger partial charge is 0.241 e. The van der Waals surface area contributed by atoms with Gasteiger partial charge in [0.25, 0.3) is 0 Å². The van der Waals surface area contributed by atoms with Crippen molar-refractivity contribution in [2.45, 2.75) is 20.3 Å². The molecule has 0 spiro atoms. The maximum Gasteiger partial charge on any atom is 0.241 e. The van der Waals surface area contributed by atoms with Crippen LogP contribution in [-0.2, 0) is 9.59 Å². The number of carbonyl (C=O) groups is 2. The molecule has 4 nitrogen and oxygen atoms in total. The number of para-hydroxylation sites is 2. The van der Waals surface area contributed by atoms with Gasteiger partial charge in [-0.2, -0.15) is 0 Å². The fourth-order valence-corrected chi connectivity index (χ4v) is 4.45. The van der Waals surface area contributed by atoms with E-state index in [2.05, 4.69) is 12.2 Å². The van der Waals surface area contributed by atoms with Crippen LogP contribution < -0.4 is 9.64 Å². The van der Waals surface area contributed by atoms with Crippen LogP contribution >= 0.6 is 0 Å². The van der Waals surface area contributed by atoms with E-state index in [1.165, 1.54) is 4.90 Å². The van der Waals surface area contributed by atoms with Crippen LogP contribution in [0.4, 0.5) is 5.69 Å². The zero-order chi connectivity index (χ0) is 15.5. The number of allylic oxidation sites excluding steroid dienone is 2. The predicted octanol–water partition coefficient (Wildman–Crippen LogP) is 2.79. The molecule has 1 aromatic rings. The number of carbonyl (C=O) groups excluding carboxylic acids is 2. The van der Waals surface area contributed by atoms with Crippen LogP contribution in [0.1, 0.15) is 20.3 Å². The first kappa shape index (κ1) is 13.6. The van der Waals surface area contributed by atoms with E-state index >= 15 is 0 Å². The molecule has 2 bridgehead atoms. The molecule has 2 aliphatic carbocycles. The molecule has 22 heavy (non-hydrogen) atoms. The van der Waals surface area contributed by atoms with Gasteiger partial charge >= 0.3 is 0 Å². The van der Waals surface area contributed by atoms with E-state index in [0.717, 1.165) is 6.42 Å². The molecule has 1 saturated carbocycles. The van der Waals surface area contributed by atoms with Gasteiger partial charge in [0.1, 0.15) is 5.75 Å². The summed E-state index contributed by atoms with van der Waals surface area (Å²) in [7, 11) is 0. The van der Waals surface area contributed by atoms with E-state index in [-0.39, 0.29) is 29.6 Å². The van der Waals surface area contributed by atoms with E-state index in [1.54, 1.807) is 6.07 Å². The second-order valence-electron chi connectivity index (χ2n) is 6.53. The topological polar surface area (TPSA) is 46.6 Å². The summed E-state index contributed by atoms with van der Waals surface area (Å²) in [5, 5.41) is 0. The van der Waals surface area contributed by atoms with Crippen molar-refractivity contribution >= 4 is 17.5 Å². The second-order valence-corrected chi connectivity index (χ2v) is 6.53. The summed E-state index contributed by atoms with van der Waals surface area (Å²) in [6, 6.07) is 7.29. The first-order valence-corrected chi connectivity index (χ1v) is 7.87. The number of rotatable bonds is 3. The zero-order valence-corrected chi connectivity index (χ0v) is 12.8. The lowest BCUT2D eigenvalue weighted by molar-refractivity contribution is -0.127. The quantitative estimate of drug-likeness (QED) is 0.636. The fourth-order valence-electron chi connectivity index (χ4n) is 4.45. The Morgan fingerprint density at radius 1 is 1.27 bits per heavy atom. The number of anilines is 1. The summed E-state index contributed by atoms with van der Waals surface area (Å²) in [6.45, 7) is 4.35. The molecule has 2 fully saturated rings. The summed E-state index contributed by atoms with van der Waals surface area (Å²) in [5.41, 5.74) is -0.00935. The van der Waals surface area contributed by atoms with Gasteiger partial charge in [0.15, 0.2) is 0 Å². The molecular formula is C18H19NO3. The van der Waals surface area contributed by atoms with Crippen molar-refractivity contribution in [1.82, 2.24) is 0 Å². The van der Waals surface area contributed by atoms with Gasteiger partial charge in [-0.15, -0.1) is 0 Å². The monoisotopic (exact) mass is 297 g/mol. The van der Waals surface area contributed by atoms with Crippen molar-refractivity contribution in [3.63, 3.8) is 0 Å². The van der Waals surface area contributed by atoms with E-state index in [4.69, 9.17) is 4.74 Å². The third-order valence-electron chi connectivity index (χ3n) is 5.52. The standard InChI is InChI=1S/C18H19NO3/c1-3-22-14-7-5-4-6-13(14)19-16(20)15-11-8-9-12(10-11)18(15,2)17(19)21/h4-9,11-12,15H,3,10H2,1-2H3/t11-,12-,15-,18+/m0/s1. The fraction of sp³-hybridized carbons (Fsp3) is 0.444. The van der Waals surface area contributed by atoms with Gasteiger partial charge in [0, 0.05) is 0 Å². The molecule has 1 aliphatic heterocycles. The minimum atomic E-state index is -0.587. The molecule has 4 heteroatoms. The van der Waals surface area contributed by atoms with Gasteiger partial charge < -0.3 is 4.74 Å². The Hall–Kier alpha value is -2.10. The van der Waals surface area contributed by atoms with Crippen molar-refractivity contribution < 1.29 is 14.3 Å². The van der Waals surface area contributed by atoms with E-state index in [0.29, 0.717) is 18.0 Å². The molecule has 2 amide bonds. The highest BCUT2D eigenvalue weighted by molar-refractivity contribution is 6.25. The van der Waals surface area contributed by atoms with Gasteiger partial charge in [0.2, 0.25) is 11.8 Å². The SMILES string of the molecule is CCOc1ccccc1N1C(=O)[C@@H]2[C@H]3C=C[C@@H](C3)[C@@]2(C)C1=O. The lowest BCUT2D eigenvalue weighted by Gasteiger charge is -2.28. The van der Waals surface area contributed by atoms with Crippen molar-refractivity contribution in [3.05, 3.63) is 36.4 Å². The number of hydrogen-bond donors (Lipinski definition) is 0. The molecule has 1 saturated heterocycles. The van der Waals surface area contributed by atoms with Crippen molar-refractivity contribution in [2.75, 3.05) is 11.5 Å². The van der Waals surface area contributed by atoms with Crippen LogP contribution in [0, 0.1) is 23.2 Å². The Kier molecular flexibility index (Phi) is 2.74. The summed E-state index contributed by atoms with van der Waals surface area (Å²) in [5.74, 6) is 0.613. The van der Waals surface area contributed by atoms with Crippen LogP contribution in [0.3, 0.4) is 0 Å². The number of nitrogens with zero attached hydrogens (tertiary/aromatic N) is 1. The Balaban J connectivity index is 1.80. The molecule has 0 aromatic heterocycles. The summed E-state index contributed by atoms with van der Waals surface area (Å²) in [4.78, 5) is 27.4. The largest absolute Gasteiger partial charge is 0.492 e. The summed E-state index contributed by atoms with van der Waals surface area (Å²) in [6.07, 6.45) is 5.16. The van der Waals surface area contributed by atoms with Crippen LogP contribution in [0.15, 0.2) is 36.4 Å². The Morgan fingerprint density at radius 2 is 2.05 bits per heavy atom. The molecule has 1 aromatic carbocycles. The Bertz CT molecular complexity index is 695. The molecule has 4 atom stereocenters. The normalized spacial score (nSPS) is 35.4. The van der Waals surface area contributed by atoms with Crippen LogP contribution in [0.2, 0.25) is 0 Å². The Morgan fingerprint density at radius 3 is 2.77 bits per heavy atom. The van der Waals surface area contributed by atoms with Gasteiger partial charge in [-0.1, -0.05) is 24.3 Å². The van der Waals surface area contributed by atoms with Gasteiger partial charge in [-0.3, -0.25) is 9.59 Å². The molecule has 3 aliphatic rings. The molecule has 114 valence electrons. The second kappa shape index (κ2) is 4.45. The van der Waals surface area contributed by atoms with Crippen molar-refractivity contribution in [3.8, 4) is 5.75 Å². The maximum absolute atomic E-state index is 13.1. The van der Waals surface area contributed by atoms with Crippen LogP contribution in [-0.4, -0.2) is 18.4 Å². The third kappa shape index (κ3) is 1.47. The first-order chi connectivity index (χ1) is 10.6. The van der Waals surface area contributed by atoms with Crippen molar-refractivity contribution in [1.29, 1.82) is 0 Å². The third-order valence-corrected chi connectivity index (χ3v) is 5.52. The molecule has 1 heterocycles. The number of hydrogen-bond acceptors (Lipinski definition) is 3. The number of fused-ring (bicyclic) bond motifs is 5. The first-order valence-electron chi connectivity index (χ1n) is 7.87. The molecule has 4 rings (SSSR count).